The smallest absolute Gasteiger partial charge is 0.308 e. The van der Waals surface area contributed by atoms with E-state index in [0.717, 1.165) is 11.1 Å². The molecular weight excluding hydrogens is 392 g/mol. The summed E-state index contributed by atoms with van der Waals surface area (Å²) in [5.41, 5.74) is 2.62. The lowest BCUT2D eigenvalue weighted by molar-refractivity contribution is -0.132. The summed E-state index contributed by atoms with van der Waals surface area (Å²) < 4.78 is 17.8. The van der Waals surface area contributed by atoms with E-state index in [-0.39, 0.29) is 5.75 Å². The summed E-state index contributed by atoms with van der Waals surface area (Å²) in [5.74, 6) is 1.02. The van der Waals surface area contributed by atoms with Crippen molar-refractivity contribution in [3.63, 3.8) is 0 Å². The van der Waals surface area contributed by atoms with E-state index in [9.17, 15) is 4.79 Å². The van der Waals surface area contributed by atoms with E-state index in [1.807, 2.05) is 31.2 Å². The lowest BCUT2D eigenvalue weighted by atomic mass is 10.1. The number of methoxy groups -OCH3 is 2. The third-order valence-electron chi connectivity index (χ3n) is 4.09. The predicted octanol–water partition coefficient (Wildman–Crippen LogP) is 3.74. The third kappa shape index (κ3) is 4.35. The Bertz CT molecular complexity index is 1110. The number of benzene rings is 2. The minimum atomic E-state index is -0.476. The maximum Gasteiger partial charge on any atom is 0.308 e. The highest BCUT2D eigenvalue weighted by Crippen LogP contribution is 2.38. The fourth-order valence-corrected chi connectivity index (χ4v) is 2.92. The van der Waals surface area contributed by atoms with Crippen molar-refractivity contribution in [1.29, 1.82) is 0 Å². The van der Waals surface area contributed by atoms with Gasteiger partial charge >= 0.3 is 5.97 Å². The fourth-order valence-electron chi connectivity index (χ4n) is 2.74. The van der Waals surface area contributed by atoms with Crippen LogP contribution < -0.4 is 14.2 Å². The zero-order valence-electron chi connectivity index (χ0n) is 16.4. The molecule has 3 rings (SSSR count). The summed E-state index contributed by atoms with van der Waals surface area (Å²) in [5, 5.41) is 11.5. The van der Waals surface area contributed by atoms with Gasteiger partial charge in [-0.3, -0.25) is 4.79 Å². The van der Waals surface area contributed by atoms with Crippen molar-refractivity contribution in [3.05, 3.63) is 52.3 Å². The zero-order chi connectivity index (χ0) is 21.0. The van der Waals surface area contributed by atoms with Gasteiger partial charge in [0.1, 0.15) is 0 Å². The summed E-state index contributed by atoms with van der Waals surface area (Å²) in [6, 6.07) is 11.2. The number of nitrogens with one attached hydrogen (secondary N) is 1. The standard InChI is InChI=1S/C20H20N4O4S/c1-12-7-5-6-8-15(12)19-22-23-20(29)24(19)21-11-14-9-16(26-3)18(28-13(2)25)17(10-14)27-4/h5-11H,1-4H3,(H,23,29)/b21-11-. The number of aromatic nitrogens is 3. The second kappa shape index (κ2) is 8.70. The first-order valence-corrected chi connectivity index (χ1v) is 9.07. The molecule has 0 spiro atoms. The van der Waals surface area contributed by atoms with Crippen molar-refractivity contribution in [1.82, 2.24) is 14.9 Å². The molecule has 3 aromatic rings. The van der Waals surface area contributed by atoms with Crippen molar-refractivity contribution in [2.45, 2.75) is 13.8 Å². The Morgan fingerprint density at radius 1 is 1.21 bits per heavy atom. The topological polar surface area (TPSA) is 90.7 Å². The van der Waals surface area contributed by atoms with Crippen LogP contribution in [0.1, 0.15) is 18.1 Å². The zero-order valence-corrected chi connectivity index (χ0v) is 17.2. The maximum atomic E-state index is 11.4. The third-order valence-corrected chi connectivity index (χ3v) is 4.35. The van der Waals surface area contributed by atoms with Gasteiger partial charge in [0.25, 0.3) is 0 Å². The van der Waals surface area contributed by atoms with E-state index >= 15 is 0 Å². The van der Waals surface area contributed by atoms with Crippen LogP contribution in [0.5, 0.6) is 17.2 Å². The Kier molecular flexibility index (Phi) is 6.08. The molecule has 0 saturated carbocycles. The fraction of sp³-hybridized carbons (Fsp3) is 0.200. The van der Waals surface area contributed by atoms with Crippen LogP contribution in [0, 0.1) is 11.7 Å². The minimum absolute atomic E-state index is 0.208. The number of rotatable bonds is 6. The average molecular weight is 412 g/mol. The molecule has 0 bridgehead atoms. The van der Waals surface area contributed by atoms with Crippen LogP contribution in [-0.4, -0.2) is 41.3 Å². The van der Waals surface area contributed by atoms with Crippen LogP contribution in [-0.2, 0) is 4.79 Å². The number of hydrogen-bond donors (Lipinski definition) is 1. The maximum absolute atomic E-state index is 11.4. The number of H-pyrrole nitrogens is 1. The SMILES string of the molecule is COc1cc(/C=N\n2c(-c3ccccc3C)n[nH]c2=S)cc(OC)c1OC(C)=O. The van der Waals surface area contributed by atoms with Crippen LogP contribution in [0.15, 0.2) is 41.5 Å². The molecule has 0 saturated heterocycles. The van der Waals surface area contributed by atoms with E-state index in [1.165, 1.54) is 25.8 Å². The molecule has 0 radical (unpaired) electrons. The molecule has 150 valence electrons. The molecule has 0 aliphatic heterocycles. The first kappa shape index (κ1) is 20.3. The summed E-state index contributed by atoms with van der Waals surface area (Å²) in [7, 11) is 2.95. The van der Waals surface area contributed by atoms with E-state index in [1.54, 1.807) is 18.3 Å². The normalized spacial score (nSPS) is 10.9. The molecule has 9 heteroatoms. The Labute approximate surface area is 172 Å². The van der Waals surface area contributed by atoms with E-state index in [0.29, 0.717) is 27.7 Å². The molecule has 29 heavy (non-hydrogen) atoms. The number of hydrogen-bond acceptors (Lipinski definition) is 7. The van der Waals surface area contributed by atoms with Gasteiger partial charge in [0.15, 0.2) is 17.3 Å². The van der Waals surface area contributed by atoms with Crippen molar-refractivity contribution in [2.24, 2.45) is 5.10 Å². The van der Waals surface area contributed by atoms with Gasteiger partial charge in [0, 0.05) is 18.1 Å². The highest BCUT2D eigenvalue weighted by Gasteiger charge is 2.16. The molecule has 1 N–H and O–H groups in total. The second-order valence-electron chi connectivity index (χ2n) is 6.07. The van der Waals surface area contributed by atoms with Crippen molar-refractivity contribution < 1.29 is 19.0 Å². The molecule has 1 heterocycles. The van der Waals surface area contributed by atoms with Gasteiger partial charge in [0.2, 0.25) is 10.5 Å². The molecule has 0 fully saturated rings. The number of carbonyl (C=O) groups is 1. The summed E-state index contributed by atoms with van der Waals surface area (Å²) in [6.45, 7) is 3.30. The molecule has 2 aromatic carbocycles. The molecule has 0 amide bonds. The Morgan fingerprint density at radius 3 is 2.45 bits per heavy atom. The molecule has 1 aromatic heterocycles. The van der Waals surface area contributed by atoms with Gasteiger partial charge < -0.3 is 14.2 Å². The number of nitrogens with zero attached hydrogens (tertiary/aromatic N) is 3. The number of aryl methyl sites for hydroxylation is 1. The van der Waals surface area contributed by atoms with Gasteiger partial charge in [-0.1, -0.05) is 24.3 Å². The van der Waals surface area contributed by atoms with Crippen LogP contribution in [0.4, 0.5) is 0 Å². The first-order chi connectivity index (χ1) is 13.9. The van der Waals surface area contributed by atoms with Crippen molar-refractivity contribution in [2.75, 3.05) is 14.2 Å². The monoisotopic (exact) mass is 412 g/mol. The molecule has 0 atom stereocenters. The van der Waals surface area contributed by atoms with E-state index in [2.05, 4.69) is 15.3 Å². The van der Waals surface area contributed by atoms with Gasteiger partial charge in [-0.25, -0.2) is 5.10 Å². The van der Waals surface area contributed by atoms with Crippen LogP contribution in [0.3, 0.4) is 0 Å². The molecular formula is C20H20N4O4S. The number of carbonyl (C=O) groups excluding carboxylic acids is 1. The van der Waals surface area contributed by atoms with Gasteiger partial charge in [-0.05, 0) is 36.8 Å². The molecule has 0 aliphatic carbocycles. The highest BCUT2D eigenvalue weighted by molar-refractivity contribution is 7.71. The van der Waals surface area contributed by atoms with Crippen molar-refractivity contribution >= 4 is 24.4 Å². The largest absolute Gasteiger partial charge is 0.493 e. The van der Waals surface area contributed by atoms with Crippen LogP contribution in [0.2, 0.25) is 0 Å². The van der Waals surface area contributed by atoms with Gasteiger partial charge in [-0.2, -0.15) is 14.9 Å². The number of esters is 1. The lowest BCUT2D eigenvalue weighted by Gasteiger charge is -2.13. The lowest BCUT2D eigenvalue weighted by Crippen LogP contribution is -2.05. The highest BCUT2D eigenvalue weighted by atomic mass is 32.1. The van der Waals surface area contributed by atoms with E-state index in [4.69, 9.17) is 26.4 Å². The molecule has 8 nitrogen and oxygen atoms in total. The van der Waals surface area contributed by atoms with Crippen LogP contribution >= 0.6 is 12.2 Å². The second-order valence-corrected chi connectivity index (χ2v) is 6.46. The summed E-state index contributed by atoms with van der Waals surface area (Å²) in [6.07, 6.45) is 1.59. The van der Waals surface area contributed by atoms with Gasteiger partial charge in [0.05, 0.1) is 20.4 Å². The Hall–Kier alpha value is -3.46. The van der Waals surface area contributed by atoms with E-state index < -0.39 is 5.97 Å². The number of ether oxygens (including phenoxy) is 3. The minimum Gasteiger partial charge on any atom is -0.493 e. The summed E-state index contributed by atoms with van der Waals surface area (Å²) >= 11 is 5.32. The first-order valence-electron chi connectivity index (χ1n) is 8.66. The predicted molar refractivity (Wildman–Crippen MR) is 111 cm³/mol. The molecule has 0 aliphatic rings. The average Bonchev–Trinajstić information content (AvgIpc) is 3.07. The van der Waals surface area contributed by atoms with Crippen LogP contribution in [0.25, 0.3) is 11.4 Å². The van der Waals surface area contributed by atoms with Crippen molar-refractivity contribution in [3.8, 4) is 28.6 Å². The molecule has 0 unspecified atom stereocenters. The quantitative estimate of drug-likeness (QED) is 0.287. The number of aromatic amines is 1. The van der Waals surface area contributed by atoms with Gasteiger partial charge in [-0.15, -0.1) is 0 Å². The summed E-state index contributed by atoms with van der Waals surface area (Å²) in [4.78, 5) is 11.4. The Balaban J connectivity index is 2.03. The Morgan fingerprint density at radius 2 is 1.86 bits per heavy atom.